The van der Waals surface area contributed by atoms with Crippen molar-refractivity contribution in [2.75, 3.05) is 6.61 Å². The number of hydrogen-bond acceptors (Lipinski definition) is 3. The monoisotopic (exact) mass is 250 g/mol. The zero-order valence-electron chi connectivity index (χ0n) is 11.2. The van der Waals surface area contributed by atoms with E-state index in [1.54, 1.807) is 0 Å². The minimum absolute atomic E-state index is 0.112. The number of benzene rings is 1. The summed E-state index contributed by atoms with van der Waals surface area (Å²) in [5.41, 5.74) is 1.20. The third-order valence-corrected chi connectivity index (χ3v) is 3.04. The van der Waals surface area contributed by atoms with Crippen molar-refractivity contribution in [3.8, 4) is 0 Å². The Balaban J connectivity index is 1.63. The summed E-state index contributed by atoms with van der Waals surface area (Å²) < 4.78 is 17.0. The Hall–Kier alpha value is -0.900. The smallest absolute Gasteiger partial charge is 0.160 e. The molecule has 2 atom stereocenters. The molecule has 0 spiro atoms. The number of hydrogen-bond donors (Lipinski definition) is 0. The van der Waals surface area contributed by atoms with Crippen molar-refractivity contribution in [1.82, 2.24) is 0 Å². The first kappa shape index (κ1) is 13.5. The number of ether oxygens (including phenoxy) is 3. The van der Waals surface area contributed by atoms with E-state index in [0.29, 0.717) is 13.2 Å². The summed E-state index contributed by atoms with van der Waals surface area (Å²) in [6.45, 7) is 5.51. The highest BCUT2D eigenvalue weighted by molar-refractivity contribution is 5.13. The molecule has 0 unspecified atom stereocenters. The first-order valence-corrected chi connectivity index (χ1v) is 6.66. The maximum atomic E-state index is 5.71. The first-order valence-electron chi connectivity index (χ1n) is 6.66. The predicted octanol–water partition coefficient (Wildman–Crippen LogP) is 3.13. The Morgan fingerprint density at radius 2 is 1.78 bits per heavy atom. The summed E-state index contributed by atoms with van der Waals surface area (Å²) in [5, 5.41) is 0. The second-order valence-corrected chi connectivity index (χ2v) is 4.89. The van der Waals surface area contributed by atoms with Gasteiger partial charge in [0.1, 0.15) is 0 Å². The molecule has 1 aromatic rings. The highest BCUT2D eigenvalue weighted by Gasteiger charge is 2.24. The maximum absolute atomic E-state index is 5.71. The molecular weight excluding hydrogens is 228 g/mol. The molecule has 0 radical (unpaired) electrons. The Morgan fingerprint density at radius 3 is 2.44 bits per heavy atom. The summed E-state index contributed by atoms with van der Waals surface area (Å²) in [4.78, 5) is 0. The van der Waals surface area contributed by atoms with Gasteiger partial charge in [0.25, 0.3) is 0 Å². The fourth-order valence-electron chi connectivity index (χ4n) is 2.21. The van der Waals surface area contributed by atoms with Crippen molar-refractivity contribution in [1.29, 1.82) is 0 Å². The summed E-state index contributed by atoms with van der Waals surface area (Å²) in [7, 11) is 0. The van der Waals surface area contributed by atoms with E-state index in [9.17, 15) is 0 Å². The molecule has 0 saturated carbocycles. The van der Waals surface area contributed by atoms with E-state index in [2.05, 4.69) is 26.0 Å². The van der Waals surface area contributed by atoms with Gasteiger partial charge in [-0.15, -0.1) is 0 Å². The van der Waals surface area contributed by atoms with E-state index in [4.69, 9.17) is 14.2 Å². The molecule has 3 heteroatoms. The van der Waals surface area contributed by atoms with Crippen LogP contribution in [0.3, 0.4) is 0 Å². The lowest BCUT2D eigenvalue weighted by molar-refractivity contribution is -0.239. The lowest BCUT2D eigenvalue weighted by atomic mass is 10.1. The highest BCUT2D eigenvalue weighted by atomic mass is 16.7. The largest absolute Gasteiger partial charge is 0.377 e. The Morgan fingerprint density at radius 1 is 1.11 bits per heavy atom. The zero-order chi connectivity index (χ0) is 12.8. The Bertz CT molecular complexity index is 329. The van der Waals surface area contributed by atoms with Gasteiger partial charge in [0.2, 0.25) is 0 Å². The van der Waals surface area contributed by atoms with Crippen LogP contribution in [-0.2, 0) is 20.8 Å². The summed E-state index contributed by atoms with van der Waals surface area (Å²) in [5.74, 6) is 0. The lowest BCUT2D eigenvalue weighted by Crippen LogP contribution is -2.36. The van der Waals surface area contributed by atoms with Gasteiger partial charge in [-0.2, -0.15) is 0 Å². The molecule has 0 aromatic heterocycles. The van der Waals surface area contributed by atoms with Gasteiger partial charge in [-0.05, 0) is 25.8 Å². The summed E-state index contributed by atoms with van der Waals surface area (Å²) in [6.07, 6.45) is 2.23. The fourth-order valence-corrected chi connectivity index (χ4v) is 2.21. The van der Waals surface area contributed by atoms with Crippen molar-refractivity contribution in [3.63, 3.8) is 0 Å². The van der Waals surface area contributed by atoms with Crippen molar-refractivity contribution >= 4 is 0 Å². The van der Waals surface area contributed by atoms with Crippen LogP contribution in [0.25, 0.3) is 0 Å². The summed E-state index contributed by atoms with van der Waals surface area (Å²) >= 11 is 0. The van der Waals surface area contributed by atoms with Crippen LogP contribution in [0.1, 0.15) is 32.3 Å². The van der Waals surface area contributed by atoms with Crippen LogP contribution in [0, 0.1) is 0 Å². The third-order valence-electron chi connectivity index (χ3n) is 3.04. The van der Waals surface area contributed by atoms with E-state index >= 15 is 0 Å². The molecule has 0 bridgehead atoms. The molecule has 0 aliphatic carbocycles. The van der Waals surface area contributed by atoms with E-state index < -0.39 is 0 Å². The molecular formula is C15H22O3. The SMILES string of the molecule is C[C@@H]1C[C@@H](C)OC(CCOCc2ccccc2)O1. The topological polar surface area (TPSA) is 27.7 Å². The van der Waals surface area contributed by atoms with Crippen LogP contribution < -0.4 is 0 Å². The van der Waals surface area contributed by atoms with Crippen LogP contribution in [0.5, 0.6) is 0 Å². The lowest BCUT2D eigenvalue weighted by Gasteiger charge is -2.32. The quantitative estimate of drug-likeness (QED) is 0.751. The molecule has 1 aliphatic rings. The van der Waals surface area contributed by atoms with E-state index in [1.165, 1.54) is 5.56 Å². The van der Waals surface area contributed by atoms with Crippen LogP contribution in [0.15, 0.2) is 30.3 Å². The average molecular weight is 250 g/mol. The van der Waals surface area contributed by atoms with E-state index in [0.717, 1.165) is 12.8 Å². The van der Waals surface area contributed by atoms with Gasteiger partial charge >= 0.3 is 0 Å². The molecule has 0 amide bonds. The molecule has 1 heterocycles. The second kappa shape index (κ2) is 6.88. The normalized spacial score (nSPS) is 28.2. The minimum atomic E-state index is -0.112. The Labute approximate surface area is 109 Å². The number of rotatable bonds is 5. The van der Waals surface area contributed by atoms with Gasteiger partial charge in [0.05, 0.1) is 25.4 Å². The molecule has 18 heavy (non-hydrogen) atoms. The molecule has 1 aliphatic heterocycles. The van der Waals surface area contributed by atoms with Gasteiger partial charge in [-0.1, -0.05) is 30.3 Å². The highest BCUT2D eigenvalue weighted by Crippen LogP contribution is 2.19. The minimum Gasteiger partial charge on any atom is -0.377 e. The average Bonchev–Trinajstić information content (AvgIpc) is 2.35. The van der Waals surface area contributed by atoms with Crippen LogP contribution in [0.2, 0.25) is 0 Å². The molecule has 1 saturated heterocycles. The van der Waals surface area contributed by atoms with Gasteiger partial charge in [0.15, 0.2) is 6.29 Å². The van der Waals surface area contributed by atoms with Crippen molar-refractivity contribution in [2.45, 2.75) is 51.8 Å². The predicted molar refractivity (Wildman–Crippen MR) is 70.2 cm³/mol. The molecule has 1 fully saturated rings. The fraction of sp³-hybridized carbons (Fsp3) is 0.600. The molecule has 100 valence electrons. The van der Waals surface area contributed by atoms with Crippen LogP contribution in [-0.4, -0.2) is 25.1 Å². The van der Waals surface area contributed by atoms with Crippen LogP contribution >= 0.6 is 0 Å². The second-order valence-electron chi connectivity index (χ2n) is 4.89. The molecule has 1 aromatic carbocycles. The van der Waals surface area contributed by atoms with Crippen LogP contribution in [0.4, 0.5) is 0 Å². The van der Waals surface area contributed by atoms with Gasteiger partial charge in [0, 0.05) is 6.42 Å². The standard InChI is InChI=1S/C15H22O3/c1-12-10-13(2)18-15(17-12)8-9-16-11-14-6-4-3-5-7-14/h3-7,12-13,15H,8-11H2,1-2H3/t12-,13-/m1/s1. The van der Waals surface area contributed by atoms with Gasteiger partial charge in [-0.3, -0.25) is 0 Å². The van der Waals surface area contributed by atoms with E-state index in [1.807, 2.05) is 18.2 Å². The van der Waals surface area contributed by atoms with Gasteiger partial charge in [-0.25, -0.2) is 0 Å². The van der Waals surface area contributed by atoms with E-state index in [-0.39, 0.29) is 18.5 Å². The Kier molecular flexibility index (Phi) is 5.17. The molecule has 2 rings (SSSR count). The summed E-state index contributed by atoms with van der Waals surface area (Å²) in [6, 6.07) is 10.2. The third kappa shape index (κ3) is 4.41. The van der Waals surface area contributed by atoms with Crippen molar-refractivity contribution in [3.05, 3.63) is 35.9 Å². The zero-order valence-corrected chi connectivity index (χ0v) is 11.2. The maximum Gasteiger partial charge on any atom is 0.160 e. The molecule has 3 nitrogen and oxygen atoms in total. The van der Waals surface area contributed by atoms with Crippen molar-refractivity contribution < 1.29 is 14.2 Å². The van der Waals surface area contributed by atoms with Gasteiger partial charge < -0.3 is 14.2 Å². The first-order chi connectivity index (χ1) is 8.74. The molecule has 0 N–H and O–H groups in total. The van der Waals surface area contributed by atoms with Crippen molar-refractivity contribution in [2.24, 2.45) is 0 Å².